The number of aryl methyl sites for hydroxylation is 2. The lowest BCUT2D eigenvalue weighted by Crippen LogP contribution is -2.38. The fourth-order valence-corrected chi connectivity index (χ4v) is 3.88. The third kappa shape index (κ3) is 3.31. The largest absolute Gasteiger partial charge is 0.486 e. The minimum Gasteiger partial charge on any atom is -0.486 e. The number of nitrogens with one attached hydrogen (secondary N) is 1. The van der Waals surface area contributed by atoms with Crippen molar-refractivity contribution in [1.29, 1.82) is 0 Å². The van der Waals surface area contributed by atoms with Gasteiger partial charge < -0.3 is 14.5 Å². The molecule has 1 amide bonds. The Morgan fingerprint density at radius 1 is 1.21 bits per heavy atom. The van der Waals surface area contributed by atoms with Crippen LogP contribution in [0.15, 0.2) is 40.8 Å². The van der Waals surface area contributed by atoms with Gasteiger partial charge in [-0.05, 0) is 56.5 Å². The number of rotatable bonds is 4. The molecule has 1 aliphatic rings. The van der Waals surface area contributed by atoms with Crippen molar-refractivity contribution in [2.75, 3.05) is 5.32 Å². The van der Waals surface area contributed by atoms with Gasteiger partial charge in [-0.15, -0.1) is 0 Å². The molecule has 0 saturated carbocycles. The van der Waals surface area contributed by atoms with E-state index in [2.05, 4.69) is 12.2 Å². The average Bonchev–Trinajstić information content (AvgIpc) is 3.04. The Morgan fingerprint density at radius 2 is 2.00 bits per heavy atom. The SMILES string of the molecule is CCc1cccc(NC(=O)c2oc3ccc4c(c3c2C)C(=O)C[C@@](C)(CC)O4)c1. The number of Topliss-reactive ketones (excluding diaryl/α,β-unsaturated/α-hetero) is 1. The van der Waals surface area contributed by atoms with Gasteiger partial charge in [0.25, 0.3) is 5.91 Å². The molecule has 3 aromatic rings. The molecule has 29 heavy (non-hydrogen) atoms. The van der Waals surface area contributed by atoms with E-state index in [0.717, 1.165) is 18.4 Å². The van der Waals surface area contributed by atoms with Crippen molar-refractivity contribution in [2.45, 2.75) is 52.6 Å². The van der Waals surface area contributed by atoms with Gasteiger partial charge in [-0.2, -0.15) is 0 Å². The predicted octanol–water partition coefficient (Wildman–Crippen LogP) is 5.69. The number of hydrogen-bond donors (Lipinski definition) is 1. The molecule has 0 bridgehead atoms. The van der Waals surface area contributed by atoms with Gasteiger partial charge in [0.05, 0.1) is 12.0 Å². The summed E-state index contributed by atoms with van der Waals surface area (Å²) in [7, 11) is 0. The smallest absolute Gasteiger partial charge is 0.291 e. The molecule has 0 radical (unpaired) electrons. The van der Waals surface area contributed by atoms with E-state index in [1.165, 1.54) is 0 Å². The topological polar surface area (TPSA) is 68.5 Å². The second-order valence-electron chi connectivity index (χ2n) is 7.88. The molecule has 4 rings (SSSR count). The lowest BCUT2D eigenvalue weighted by Gasteiger charge is -2.34. The van der Waals surface area contributed by atoms with Gasteiger partial charge in [-0.25, -0.2) is 0 Å². The zero-order chi connectivity index (χ0) is 20.8. The number of hydrogen-bond acceptors (Lipinski definition) is 4. The van der Waals surface area contributed by atoms with Gasteiger partial charge in [-0.1, -0.05) is 26.0 Å². The zero-order valence-corrected chi connectivity index (χ0v) is 17.2. The second kappa shape index (κ2) is 7.07. The number of amides is 1. The van der Waals surface area contributed by atoms with Crippen LogP contribution in [0.3, 0.4) is 0 Å². The van der Waals surface area contributed by atoms with E-state index in [0.29, 0.717) is 40.0 Å². The van der Waals surface area contributed by atoms with Crippen molar-refractivity contribution in [3.63, 3.8) is 0 Å². The highest BCUT2D eigenvalue weighted by atomic mass is 16.5. The molecular formula is C24H25NO4. The van der Waals surface area contributed by atoms with Crippen molar-refractivity contribution in [3.8, 4) is 5.75 Å². The Morgan fingerprint density at radius 3 is 2.72 bits per heavy atom. The number of furan rings is 1. The van der Waals surface area contributed by atoms with Gasteiger partial charge in [0, 0.05) is 16.6 Å². The number of fused-ring (bicyclic) bond motifs is 3. The van der Waals surface area contributed by atoms with E-state index in [1.807, 2.05) is 45.0 Å². The monoisotopic (exact) mass is 391 g/mol. The van der Waals surface area contributed by atoms with Gasteiger partial charge in [0.15, 0.2) is 11.5 Å². The van der Waals surface area contributed by atoms with Crippen LogP contribution in [0.5, 0.6) is 5.75 Å². The van der Waals surface area contributed by atoms with E-state index in [-0.39, 0.29) is 17.5 Å². The maximum absolute atomic E-state index is 12.9. The average molecular weight is 391 g/mol. The number of anilines is 1. The highest BCUT2D eigenvalue weighted by Gasteiger charge is 2.37. The Labute approximate surface area is 170 Å². The number of ketones is 1. The van der Waals surface area contributed by atoms with Crippen molar-refractivity contribution in [2.24, 2.45) is 0 Å². The van der Waals surface area contributed by atoms with Crippen LogP contribution >= 0.6 is 0 Å². The molecule has 0 spiro atoms. The van der Waals surface area contributed by atoms with E-state index in [9.17, 15) is 9.59 Å². The lowest BCUT2D eigenvalue weighted by molar-refractivity contribution is 0.0503. The minimum atomic E-state index is -0.500. The van der Waals surface area contributed by atoms with Crippen LogP contribution in [-0.2, 0) is 6.42 Å². The number of ether oxygens (including phenoxy) is 1. The Kier molecular flexibility index (Phi) is 4.69. The van der Waals surface area contributed by atoms with Crippen LogP contribution in [0.2, 0.25) is 0 Å². The fourth-order valence-electron chi connectivity index (χ4n) is 3.88. The van der Waals surface area contributed by atoms with Crippen molar-refractivity contribution < 1.29 is 18.7 Å². The number of carbonyl (C=O) groups excluding carboxylic acids is 2. The van der Waals surface area contributed by atoms with Crippen LogP contribution in [0, 0.1) is 6.92 Å². The van der Waals surface area contributed by atoms with Crippen molar-refractivity contribution >= 4 is 28.3 Å². The van der Waals surface area contributed by atoms with Crippen LogP contribution < -0.4 is 10.1 Å². The van der Waals surface area contributed by atoms with Gasteiger partial charge in [0.2, 0.25) is 0 Å². The van der Waals surface area contributed by atoms with E-state index < -0.39 is 5.60 Å². The highest BCUT2D eigenvalue weighted by Crippen LogP contribution is 2.41. The molecular weight excluding hydrogens is 366 g/mol. The Hall–Kier alpha value is -3.08. The minimum absolute atomic E-state index is 0.0210. The standard InChI is InChI=1S/C24H25NO4/c1-5-15-8-7-9-16(12-15)25-23(27)22-14(3)20-18(28-22)10-11-19-21(20)17(26)13-24(4,6-2)29-19/h7-12H,5-6,13H2,1-4H3,(H,25,27)/t24-/m1/s1. The summed E-state index contributed by atoms with van der Waals surface area (Å²) < 4.78 is 12.0. The fraction of sp³-hybridized carbons (Fsp3) is 0.333. The summed E-state index contributed by atoms with van der Waals surface area (Å²) >= 11 is 0. The number of carbonyl (C=O) groups is 2. The molecule has 1 N–H and O–H groups in total. The highest BCUT2D eigenvalue weighted by molar-refractivity contribution is 6.14. The molecule has 150 valence electrons. The molecule has 0 saturated heterocycles. The maximum atomic E-state index is 12.9. The summed E-state index contributed by atoms with van der Waals surface area (Å²) in [5.74, 6) is 0.465. The summed E-state index contributed by atoms with van der Waals surface area (Å²) in [4.78, 5) is 25.8. The van der Waals surface area contributed by atoms with Gasteiger partial charge in [-0.3, -0.25) is 9.59 Å². The van der Waals surface area contributed by atoms with Crippen molar-refractivity contribution in [3.05, 3.63) is 58.8 Å². The summed E-state index contributed by atoms with van der Waals surface area (Å²) in [6.45, 7) is 7.83. The van der Waals surface area contributed by atoms with Crippen LogP contribution in [0.1, 0.15) is 65.7 Å². The molecule has 1 aliphatic heterocycles. The number of benzene rings is 2. The first kappa shape index (κ1) is 19.2. The molecule has 0 fully saturated rings. The Balaban J connectivity index is 1.74. The molecule has 0 aliphatic carbocycles. The summed E-state index contributed by atoms with van der Waals surface area (Å²) in [5.41, 5.74) is 3.04. The van der Waals surface area contributed by atoms with Gasteiger partial charge in [0.1, 0.15) is 16.9 Å². The Bertz CT molecular complexity index is 1130. The van der Waals surface area contributed by atoms with E-state index >= 15 is 0 Å². The zero-order valence-electron chi connectivity index (χ0n) is 17.2. The third-order valence-corrected chi connectivity index (χ3v) is 5.77. The van der Waals surface area contributed by atoms with Crippen LogP contribution in [0.25, 0.3) is 11.0 Å². The van der Waals surface area contributed by atoms with E-state index in [4.69, 9.17) is 9.15 Å². The normalized spacial score (nSPS) is 18.4. The first-order chi connectivity index (χ1) is 13.8. The molecule has 1 aromatic heterocycles. The molecule has 2 aromatic carbocycles. The van der Waals surface area contributed by atoms with Crippen LogP contribution in [-0.4, -0.2) is 17.3 Å². The van der Waals surface area contributed by atoms with Gasteiger partial charge >= 0.3 is 0 Å². The van der Waals surface area contributed by atoms with E-state index in [1.54, 1.807) is 12.1 Å². The molecule has 5 heteroatoms. The molecule has 2 heterocycles. The third-order valence-electron chi connectivity index (χ3n) is 5.77. The van der Waals surface area contributed by atoms with Crippen LogP contribution in [0.4, 0.5) is 5.69 Å². The first-order valence-electron chi connectivity index (χ1n) is 10.0. The quantitative estimate of drug-likeness (QED) is 0.620. The molecule has 0 unspecified atom stereocenters. The molecule has 1 atom stereocenters. The summed E-state index contributed by atoms with van der Waals surface area (Å²) in [6.07, 6.45) is 1.94. The first-order valence-corrected chi connectivity index (χ1v) is 10.0. The summed E-state index contributed by atoms with van der Waals surface area (Å²) in [6, 6.07) is 11.3. The van der Waals surface area contributed by atoms with Crippen molar-refractivity contribution in [1.82, 2.24) is 0 Å². The predicted molar refractivity (Wildman–Crippen MR) is 113 cm³/mol. The maximum Gasteiger partial charge on any atom is 0.291 e. The lowest BCUT2D eigenvalue weighted by atomic mass is 9.87. The second-order valence-corrected chi connectivity index (χ2v) is 7.88. The molecule has 5 nitrogen and oxygen atoms in total. The summed E-state index contributed by atoms with van der Waals surface area (Å²) in [5, 5.41) is 3.56.